The molecule has 154 valence electrons. The van der Waals surface area contributed by atoms with E-state index in [-0.39, 0.29) is 17.7 Å². The van der Waals surface area contributed by atoms with E-state index >= 15 is 0 Å². The minimum atomic E-state index is -0.338. The van der Waals surface area contributed by atoms with E-state index in [9.17, 15) is 4.79 Å². The van der Waals surface area contributed by atoms with Crippen LogP contribution in [-0.2, 0) is 11.4 Å². The largest absolute Gasteiger partial charge is 0.390 e. The molecule has 5 nitrogen and oxygen atoms in total. The Hall–Kier alpha value is -2.53. The van der Waals surface area contributed by atoms with Crippen molar-refractivity contribution >= 4 is 23.3 Å². The van der Waals surface area contributed by atoms with E-state index in [1.807, 2.05) is 63.2 Å². The summed E-state index contributed by atoms with van der Waals surface area (Å²) in [6, 6.07) is 15.5. The van der Waals surface area contributed by atoms with Gasteiger partial charge in [0.15, 0.2) is 6.10 Å². The molecule has 0 unspecified atom stereocenters. The molecule has 0 bridgehead atoms. The number of amides is 2. The van der Waals surface area contributed by atoms with Crippen molar-refractivity contribution in [2.45, 2.75) is 52.3 Å². The smallest absolute Gasteiger partial charge is 0.318 e. The standard InChI is InChI=1S/C23H28ClN3O2/c1-16-9-5-7-11-19(16)21-13-18(29-26-21)15-27(22(28)25-23(2,3)4)14-17-10-6-8-12-20(17)24/h5-12,18H,13-15H2,1-4H3,(H,25,28)/t18-/m0/s1. The number of urea groups is 1. The third kappa shape index (κ3) is 5.73. The molecule has 2 aromatic rings. The molecule has 1 aliphatic heterocycles. The molecular formula is C23H28ClN3O2. The monoisotopic (exact) mass is 413 g/mol. The summed E-state index contributed by atoms with van der Waals surface area (Å²) in [6.45, 7) is 8.77. The molecule has 1 N–H and O–H groups in total. The molecule has 0 spiro atoms. The molecular weight excluding hydrogens is 386 g/mol. The van der Waals surface area contributed by atoms with Gasteiger partial charge in [-0.2, -0.15) is 0 Å². The average Bonchev–Trinajstić information content (AvgIpc) is 3.10. The molecule has 6 heteroatoms. The number of hydrogen-bond acceptors (Lipinski definition) is 3. The number of hydrogen-bond donors (Lipinski definition) is 1. The van der Waals surface area contributed by atoms with Crippen molar-refractivity contribution in [1.82, 2.24) is 10.2 Å². The molecule has 0 saturated heterocycles. The number of rotatable bonds is 5. The van der Waals surface area contributed by atoms with Gasteiger partial charge in [0.25, 0.3) is 0 Å². The number of halogens is 1. The zero-order valence-corrected chi connectivity index (χ0v) is 18.2. The SMILES string of the molecule is Cc1ccccc1C1=NO[C@H](CN(Cc2ccccc2Cl)C(=O)NC(C)(C)C)C1. The molecule has 2 aromatic carbocycles. The Morgan fingerprint density at radius 3 is 2.59 bits per heavy atom. The highest BCUT2D eigenvalue weighted by Crippen LogP contribution is 2.22. The van der Waals surface area contributed by atoms with E-state index in [0.29, 0.717) is 24.5 Å². The molecule has 0 radical (unpaired) electrons. The molecule has 1 atom stereocenters. The van der Waals surface area contributed by atoms with Crippen molar-refractivity contribution in [2.75, 3.05) is 6.54 Å². The Morgan fingerprint density at radius 1 is 1.21 bits per heavy atom. The number of carbonyl (C=O) groups excluding carboxylic acids is 1. The minimum Gasteiger partial charge on any atom is -0.390 e. The number of carbonyl (C=O) groups is 1. The Labute approximate surface area is 177 Å². The fourth-order valence-electron chi connectivity index (χ4n) is 3.28. The lowest BCUT2D eigenvalue weighted by Crippen LogP contribution is -2.50. The van der Waals surface area contributed by atoms with Gasteiger partial charge in [0.05, 0.1) is 12.3 Å². The molecule has 1 heterocycles. The zero-order chi connectivity index (χ0) is 21.0. The first-order valence-corrected chi connectivity index (χ1v) is 10.2. The summed E-state index contributed by atoms with van der Waals surface area (Å²) in [5.74, 6) is 0. The van der Waals surface area contributed by atoms with E-state index in [4.69, 9.17) is 16.4 Å². The van der Waals surface area contributed by atoms with Crippen molar-refractivity contribution in [1.29, 1.82) is 0 Å². The van der Waals surface area contributed by atoms with Crippen LogP contribution in [0, 0.1) is 6.92 Å². The predicted molar refractivity (Wildman–Crippen MR) is 117 cm³/mol. The van der Waals surface area contributed by atoms with Gasteiger partial charge in [-0.3, -0.25) is 0 Å². The first-order chi connectivity index (χ1) is 13.7. The molecule has 1 aliphatic rings. The summed E-state index contributed by atoms with van der Waals surface area (Å²) >= 11 is 6.33. The van der Waals surface area contributed by atoms with Crippen molar-refractivity contribution < 1.29 is 9.63 Å². The van der Waals surface area contributed by atoms with Crippen LogP contribution >= 0.6 is 11.6 Å². The summed E-state index contributed by atoms with van der Waals surface area (Å²) in [7, 11) is 0. The van der Waals surface area contributed by atoms with Gasteiger partial charge < -0.3 is 15.1 Å². The normalized spacial score (nSPS) is 16.2. The highest BCUT2D eigenvalue weighted by molar-refractivity contribution is 6.31. The fourth-order valence-corrected chi connectivity index (χ4v) is 3.47. The summed E-state index contributed by atoms with van der Waals surface area (Å²) in [6.07, 6.45) is 0.463. The lowest BCUT2D eigenvalue weighted by Gasteiger charge is -2.30. The summed E-state index contributed by atoms with van der Waals surface area (Å²) in [5, 5.41) is 7.97. The van der Waals surface area contributed by atoms with Crippen LogP contribution in [0.4, 0.5) is 4.79 Å². The van der Waals surface area contributed by atoms with E-state index in [1.54, 1.807) is 4.90 Å². The fraction of sp³-hybridized carbons (Fsp3) is 0.391. The van der Waals surface area contributed by atoms with Crippen LogP contribution in [0.2, 0.25) is 5.02 Å². The quantitative estimate of drug-likeness (QED) is 0.736. The second kappa shape index (κ2) is 8.87. The lowest BCUT2D eigenvalue weighted by atomic mass is 10.0. The molecule has 0 saturated carbocycles. The highest BCUT2D eigenvalue weighted by Gasteiger charge is 2.29. The number of aryl methyl sites for hydroxylation is 1. The van der Waals surface area contributed by atoms with Crippen LogP contribution in [0.5, 0.6) is 0 Å². The molecule has 2 amide bonds. The summed E-state index contributed by atoms with van der Waals surface area (Å²) < 4.78 is 0. The number of nitrogens with one attached hydrogen (secondary N) is 1. The number of benzene rings is 2. The first-order valence-electron chi connectivity index (χ1n) is 9.82. The van der Waals surface area contributed by atoms with Gasteiger partial charge in [-0.15, -0.1) is 0 Å². The first kappa shape index (κ1) is 21.2. The van der Waals surface area contributed by atoms with Crippen LogP contribution in [0.3, 0.4) is 0 Å². The Kier molecular flexibility index (Phi) is 6.48. The minimum absolute atomic E-state index is 0.148. The molecule has 3 rings (SSSR count). The Bertz CT molecular complexity index is 905. The van der Waals surface area contributed by atoms with Crippen molar-refractivity contribution in [3.05, 3.63) is 70.2 Å². The third-order valence-electron chi connectivity index (χ3n) is 4.70. The third-order valence-corrected chi connectivity index (χ3v) is 5.07. The summed E-state index contributed by atoms with van der Waals surface area (Å²) in [5.41, 5.74) is 3.73. The van der Waals surface area contributed by atoms with E-state index < -0.39 is 0 Å². The van der Waals surface area contributed by atoms with Gasteiger partial charge in [0, 0.05) is 29.1 Å². The highest BCUT2D eigenvalue weighted by atomic mass is 35.5. The van der Waals surface area contributed by atoms with Gasteiger partial charge in [-0.05, 0) is 44.9 Å². The van der Waals surface area contributed by atoms with E-state index in [0.717, 1.165) is 22.4 Å². The van der Waals surface area contributed by atoms with Crippen molar-refractivity contribution in [2.24, 2.45) is 5.16 Å². The van der Waals surface area contributed by atoms with Crippen molar-refractivity contribution in [3.8, 4) is 0 Å². The number of oxime groups is 1. The summed E-state index contributed by atoms with van der Waals surface area (Å²) in [4.78, 5) is 20.4. The maximum atomic E-state index is 12.9. The van der Waals surface area contributed by atoms with Gasteiger partial charge in [0.1, 0.15) is 0 Å². The average molecular weight is 414 g/mol. The molecule has 0 fully saturated rings. The van der Waals surface area contributed by atoms with E-state index in [2.05, 4.69) is 23.5 Å². The maximum absolute atomic E-state index is 12.9. The van der Waals surface area contributed by atoms with Gasteiger partial charge in [0.2, 0.25) is 0 Å². The number of nitrogens with zero attached hydrogens (tertiary/aromatic N) is 2. The maximum Gasteiger partial charge on any atom is 0.318 e. The Balaban J connectivity index is 1.73. The van der Waals surface area contributed by atoms with E-state index in [1.165, 1.54) is 0 Å². The van der Waals surface area contributed by atoms with Gasteiger partial charge in [-0.1, -0.05) is 59.2 Å². The van der Waals surface area contributed by atoms with Crippen molar-refractivity contribution in [3.63, 3.8) is 0 Å². The van der Waals surface area contributed by atoms with Crippen LogP contribution < -0.4 is 5.32 Å². The predicted octanol–water partition coefficient (Wildman–Crippen LogP) is 5.15. The zero-order valence-electron chi connectivity index (χ0n) is 17.4. The Morgan fingerprint density at radius 2 is 1.90 bits per heavy atom. The van der Waals surface area contributed by atoms with Crippen LogP contribution in [0.25, 0.3) is 0 Å². The second-order valence-electron chi connectivity index (χ2n) is 8.44. The molecule has 0 aliphatic carbocycles. The second-order valence-corrected chi connectivity index (χ2v) is 8.84. The molecule has 0 aromatic heterocycles. The molecule has 29 heavy (non-hydrogen) atoms. The van der Waals surface area contributed by atoms with Gasteiger partial charge in [-0.25, -0.2) is 4.79 Å². The van der Waals surface area contributed by atoms with Crippen LogP contribution in [-0.4, -0.2) is 34.8 Å². The lowest BCUT2D eigenvalue weighted by molar-refractivity contribution is 0.0580. The van der Waals surface area contributed by atoms with Crippen LogP contribution in [0.1, 0.15) is 43.9 Å². The van der Waals surface area contributed by atoms with Crippen LogP contribution in [0.15, 0.2) is 53.7 Å². The topological polar surface area (TPSA) is 53.9 Å². The van der Waals surface area contributed by atoms with Gasteiger partial charge >= 0.3 is 6.03 Å².